The van der Waals surface area contributed by atoms with Gasteiger partial charge in [-0.05, 0) is 37.0 Å². The average molecular weight is 167 g/mol. The van der Waals surface area contributed by atoms with Gasteiger partial charge in [-0.25, -0.2) is 0 Å². The van der Waals surface area contributed by atoms with Crippen LogP contribution in [0.5, 0.6) is 0 Å². The lowest BCUT2D eigenvalue weighted by molar-refractivity contribution is -0.119. The molecule has 1 amide bonds. The number of fused-ring (bicyclic) bond motifs is 1. The van der Waals surface area contributed by atoms with Gasteiger partial charge in [-0.1, -0.05) is 6.92 Å². The predicted molar refractivity (Wildman–Crippen MR) is 47.6 cm³/mol. The maximum Gasteiger partial charge on any atom is 0.217 e. The highest BCUT2D eigenvalue weighted by Crippen LogP contribution is 2.50. The Morgan fingerprint density at radius 2 is 2.08 bits per heavy atom. The molecule has 2 fully saturated rings. The monoisotopic (exact) mass is 167 g/mol. The molecule has 12 heavy (non-hydrogen) atoms. The van der Waals surface area contributed by atoms with E-state index in [4.69, 9.17) is 0 Å². The summed E-state index contributed by atoms with van der Waals surface area (Å²) in [5, 5.41) is 3.02. The van der Waals surface area contributed by atoms with Crippen LogP contribution in [0.3, 0.4) is 0 Å². The van der Waals surface area contributed by atoms with Crippen molar-refractivity contribution < 1.29 is 4.79 Å². The quantitative estimate of drug-likeness (QED) is 0.631. The van der Waals surface area contributed by atoms with Crippen LogP contribution in [0.1, 0.15) is 33.1 Å². The Morgan fingerprint density at radius 3 is 2.58 bits per heavy atom. The molecular weight excluding hydrogens is 150 g/mol. The van der Waals surface area contributed by atoms with Crippen molar-refractivity contribution in [3.8, 4) is 0 Å². The molecule has 2 saturated carbocycles. The molecule has 2 rings (SSSR count). The second kappa shape index (κ2) is 2.75. The number of rotatable bonds is 1. The summed E-state index contributed by atoms with van der Waals surface area (Å²) in [7, 11) is 0. The van der Waals surface area contributed by atoms with E-state index in [1.807, 2.05) is 0 Å². The van der Waals surface area contributed by atoms with E-state index in [0.717, 1.165) is 17.8 Å². The van der Waals surface area contributed by atoms with Crippen molar-refractivity contribution in [3.05, 3.63) is 0 Å². The van der Waals surface area contributed by atoms with E-state index < -0.39 is 0 Å². The molecule has 2 heteroatoms. The van der Waals surface area contributed by atoms with Crippen LogP contribution in [0.25, 0.3) is 0 Å². The van der Waals surface area contributed by atoms with Gasteiger partial charge in [0.1, 0.15) is 0 Å². The van der Waals surface area contributed by atoms with Gasteiger partial charge in [0.25, 0.3) is 0 Å². The van der Waals surface area contributed by atoms with Crippen molar-refractivity contribution in [3.63, 3.8) is 0 Å². The Morgan fingerprint density at radius 1 is 1.33 bits per heavy atom. The van der Waals surface area contributed by atoms with Crippen LogP contribution in [0.2, 0.25) is 0 Å². The third-order valence-electron chi connectivity index (χ3n) is 3.56. The largest absolute Gasteiger partial charge is 0.354 e. The first-order valence-electron chi connectivity index (χ1n) is 4.94. The second-order valence-corrected chi connectivity index (χ2v) is 4.51. The molecule has 4 atom stereocenters. The van der Waals surface area contributed by atoms with Crippen LogP contribution >= 0.6 is 0 Å². The molecule has 0 radical (unpaired) electrons. The minimum atomic E-state index is 0.133. The van der Waals surface area contributed by atoms with Crippen molar-refractivity contribution in [2.24, 2.45) is 17.8 Å². The summed E-state index contributed by atoms with van der Waals surface area (Å²) in [6, 6.07) is 0.488. The van der Waals surface area contributed by atoms with Crippen molar-refractivity contribution in [1.29, 1.82) is 0 Å². The van der Waals surface area contributed by atoms with Gasteiger partial charge in [-0.3, -0.25) is 4.79 Å². The third kappa shape index (κ3) is 1.23. The fraction of sp³-hybridized carbons (Fsp3) is 0.900. The van der Waals surface area contributed by atoms with E-state index in [1.54, 1.807) is 6.92 Å². The lowest BCUT2D eigenvalue weighted by Crippen LogP contribution is -2.30. The van der Waals surface area contributed by atoms with Crippen LogP contribution in [0, 0.1) is 17.8 Å². The highest BCUT2D eigenvalue weighted by atomic mass is 16.1. The van der Waals surface area contributed by atoms with Crippen LogP contribution in [0.15, 0.2) is 0 Å². The standard InChI is InChI=1S/C10H17NO/c1-6-3-8-4-9(5-10(6)8)11-7(2)12/h6,8-10H,3-5H2,1-2H3,(H,11,12)/t6?,8?,9?,10-/m1/s1. The van der Waals surface area contributed by atoms with Gasteiger partial charge in [0.15, 0.2) is 0 Å². The van der Waals surface area contributed by atoms with Crippen molar-refractivity contribution in [1.82, 2.24) is 5.32 Å². The number of hydrogen-bond donors (Lipinski definition) is 1. The van der Waals surface area contributed by atoms with E-state index in [2.05, 4.69) is 12.2 Å². The number of hydrogen-bond acceptors (Lipinski definition) is 1. The third-order valence-corrected chi connectivity index (χ3v) is 3.56. The average Bonchev–Trinajstić information content (AvgIpc) is 2.26. The van der Waals surface area contributed by atoms with Crippen LogP contribution in [-0.2, 0) is 4.79 Å². The van der Waals surface area contributed by atoms with Crippen LogP contribution < -0.4 is 5.32 Å². The predicted octanol–water partition coefficient (Wildman–Crippen LogP) is 1.56. The molecule has 0 heterocycles. The molecule has 2 aliphatic carbocycles. The Hall–Kier alpha value is -0.530. The first-order valence-corrected chi connectivity index (χ1v) is 4.94. The zero-order valence-corrected chi connectivity index (χ0v) is 7.84. The van der Waals surface area contributed by atoms with Crippen molar-refractivity contribution in [2.75, 3.05) is 0 Å². The molecule has 1 N–H and O–H groups in total. The zero-order chi connectivity index (χ0) is 8.72. The van der Waals surface area contributed by atoms with E-state index in [0.29, 0.717) is 6.04 Å². The molecule has 0 aliphatic heterocycles. The summed E-state index contributed by atoms with van der Waals surface area (Å²) >= 11 is 0. The molecule has 2 aliphatic rings. The number of nitrogens with one attached hydrogen (secondary N) is 1. The lowest BCUT2D eigenvalue weighted by Gasteiger charge is -2.37. The maximum atomic E-state index is 10.8. The summed E-state index contributed by atoms with van der Waals surface area (Å²) < 4.78 is 0. The molecule has 2 nitrogen and oxygen atoms in total. The topological polar surface area (TPSA) is 29.1 Å². The SMILES string of the molecule is CC(=O)NC1CC2CC(C)[C@H]2C1. The maximum absolute atomic E-state index is 10.8. The molecule has 0 bridgehead atoms. The molecule has 0 aromatic heterocycles. The van der Waals surface area contributed by atoms with Crippen molar-refractivity contribution >= 4 is 5.91 Å². The van der Waals surface area contributed by atoms with E-state index >= 15 is 0 Å². The molecule has 3 unspecified atom stereocenters. The minimum Gasteiger partial charge on any atom is -0.354 e. The summed E-state index contributed by atoms with van der Waals surface area (Å²) in [5.74, 6) is 2.89. The Balaban J connectivity index is 1.86. The Bertz CT molecular complexity index is 202. The lowest BCUT2D eigenvalue weighted by atomic mass is 9.68. The highest BCUT2D eigenvalue weighted by Gasteiger charge is 2.45. The molecule has 0 aromatic carbocycles. The summed E-state index contributed by atoms with van der Waals surface area (Å²) in [5.41, 5.74) is 0. The Kier molecular flexibility index (Phi) is 1.85. The van der Waals surface area contributed by atoms with Gasteiger partial charge in [-0.2, -0.15) is 0 Å². The molecule has 0 aromatic rings. The first kappa shape index (κ1) is 8.09. The number of carbonyl (C=O) groups is 1. The number of amides is 1. The zero-order valence-electron chi connectivity index (χ0n) is 7.84. The van der Waals surface area contributed by atoms with E-state index in [9.17, 15) is 4.79 Å². The Labute approximate surface area is 73.7 Å². The number of carbonyl (C=O) groups excluding carboxylic acids is 1. The van der Waals surface area contributed by atoms with Gasteiger partial charge in [0.2, 0.25) is 5.91 Å². The van der Waals surface area contributed by atoms with E-state index in [1.165, 1.54) is 19.3 Å². The molecule has 0 spiro atoms. The van der Waals surface area contributed by atoms with Gasteiger partial charge in [-0.15, -0.1) is 0 Å². The van der Waals surface area contributed by atoms with E-state index in [-0.39, 0.29) is 5.91 Å². The van der Waals surface area contributed by atoms with Crippen LogP contribution in [0.4, 0.5) is 0 Å². The fourth-order valence-corrected chi connectivity index (χ4v) is 2.99. The van der Waals surface area contributed by atoms with Crippen molar-refractivity contribution in [2.45, 2.75) is 39.2 Å². The second-order valence-electron chi connectivity index (χ2n) is 4.51. The molecule has 68 valence electrons. The summed E-state index contributed by atoms with van der Waals surface area (Å²) in [6.45, 7) is 3.95. The van der Waals surface area contributed by atoms with Gasteiger partial charge < -0.3 is 5.32 Å². The molecule has 0 saturated heterocycles. The first-order chi connectivity index (χ1) is 5.66. The van der Waals surface area contributed by atoms with Gasteiger partial charge >= 0.3 is 0 Å². The summed E-state index contributed by atoms with van der Waals surface area (Å²) in [4.78, 5) is 10.8. The van der Waals surface area contributed by atoms with Gasteiger partial charge in [0, 0.05) is 13.0 Å². The molecular formula is C10H17NO. The minimum absolute atomic E-state index is 0.133. The normalized spacial score (nSPS) is 44.8. The fourth-order valence-electron chi connectivity index (χ4n) is 2.99. The smallest absolute Gasteiger partial charge is 0.217 e. The highest BCUT2D eigenvalue weighted by molar-refractivity contribution is 5.73. The summed E-state index contributed by atoms with van der Waals surface area (Å²) in [6.07, 6.45) is 3.85. The van der Waals surface area contributed by atoms with Gasteiger partial charge in [0.05, 0.1) is 0 Å². The van der Waals surface area contributed by atoms with Crippen LogP contribution in [-0.4, -0.2) is 11.9 Å².